The summed E-state index contributed by atoms with van der Waals surface area (Å²) >= 11 is 0. The van der Waals surface area contributed by atoms with E-state index in [1.807, 2.05) is 0 Å². The Morgan fingerprint density at radius 1 is 0.766 bits per heavy atom. The van der Waals surface area contributed by atoms with Crippen molar-refractivity contribution < 1.29 is 22.7 Å². The van der Waals surface area contributed by atoms with Crippen LogP contribution in [0.3, 0.4) is 0 Å². The molecule has 12 aliphatic rings. The van der Waals surface area contributed by atoms with E-state index in [2.05, 4.69) is 32.1 Å². The normalized spacial score (nSPS) is 54.2. The second-order valence-corrected chi connectivity index (χ2v) is 19.9. The Bertz CT molecular complexity index is 1430. The average molecular weight is 651 g/mol. The van der Waals surface area contributed by atoms with Crippen LogP contribution in [0.4, 0.5) is 17.6 Å². The zero-order valence-electron chi connectivity index (χ0n) is 28.3. The Morgan fingerprint density at radius 3 is 2.00 bits per heavy atom. The zero-order chi connectivity index (χ0) is 31.9. The van der Waals surface area contributed by atoms with Crippen LogP contribution in [0.25, 0.3) is 0 Å². The minimum atomic E-state index is -2.57. The molecule has 0 aromatic carbocycles. The van der Waals surface area contributed by atoms with Gasteiger partial charge in [0.15, 0.2) is 0 Å². The number of aliphatic hydroxyl groups excluding tert-OH is 1. The van der Waals surface area contributed by atoms with Gasteiger partial charge in [0, 0.05) is 40.7 Å². The molecule has 256 valence electrons. The van der Waals surface area contributed by atoms with Gasteiger partial charge in [-0.1, -0.05) is 44.9 Å². The van der Waals surface area contributed by atoms with Crippen LogP contribution in [0, 0.1) is 112 Å². The van der Waals surface area contributed by atoms with Gasteiger partial charge in [-0.25, -0.2) is 17.6 Å². The molecule has 12 rings (SSSR count). The highest BCUT2D eigenvalue weighted by Crippen LogP contribution is 2.83. The van der Waals surface area contributed by atoms with Crippen molar-refractivity contribution in [1.82, 2.24) is 0 Å². The van der Waals surface area contributed by atoms with Crippen molar-refractivity contribution in [2.24, 2.45) is 112 Å². The van der Waals surface area contributed by atoms with E-state index in [1.165, 1.54) is 44.9 Å². The third-order valence-electron chi connectivity index (χ3n) is 18.8. The van der Waals surface area contributed by atoms with Crippen LogP contribution in [0.15, 0.2) is 35.1 Å². The molecule has 0 heterocycles. The number of fused-ring (bicyclic) bond motifs is 8. The Kier molecular flexibility index (Phi) is 5.85. The second-order valence-electron chi connectivity index (χ2n) is 19.9. The summed E-state index contributed by atoms with van der Waals surface area (Å²) in [5, 5.41) is 11.3. The number of aliphatic hydroxyl groups is 1. The molecule has 5 heteroatoms. The molecule has 10 saturated carbocycles. The van der Waals surface area contributed by atoms with Crippen LogP contribution < -0.4 is 0 Å². The summed E-state index contributed by atoms with van der Waals surface area (Å²) in [4.78, 5) is 0. The maximum Gasteiger partial charge on any atom is 0.254 e. The fraction of sp³-hybridized carbons (Fsp3) is 0.857. The molecule has 8 bridgehead atoms. The van der Waals surface area contributed by atoms with E-state index >= 15 is 17.6 Å². The van der Waals surface area contributed by atoms with E-state index in [-0.39, 0.29) is 35.5 Å². The lowest BCUT2D eigenvalue weighted by molar-refractivity contribution is -0.324. The molecule has 0 amide bonds. The van der Waals surface area contributed by atoms with Crippen LogP contribution in [0.1, 0.15) is 97.3 Å². The lowest BCUT2D eigenvalue weighted by Gasteiger charge is -2.81. The molecule has 1 nitrogen and oxygen atoms in total. The predicted octanol–water partition coefficient (Wildman–Crippen LogP) is 10.9. The molecule has 0 saturated heterocycles. The Labute approximate surface area is 278 Å². The molecule has 0 aliphatic heterocycles. The van der Waals surface area contributed by atoms with Gasteiger partial charge in [0.05, 0.1) is 0 Å². The van der Waals surface area contributed by atoms with Gasteiger partial charge < -0.3 is 5.11 Å². The topological polar surface area (TPSA) is 20.2 Å². The van der Waals surface area contributed by atoms with Gasteiger partial charge in [-0.15, -0.1) is 0 Å². The summed E-state index contributed by atoms with van der Waals surface area (Å²) in [5.74, 6) is -0.00426. The number of rotatable bonds is 9. The SMILES string of the molecule is C[C@H](C1C2CCCC1C2(F)F)[C@@H](C1CC2CC(C1)C2(F)F)[C@@H](C1C2=CC=CC1=C2O)[C@H]([C@@H](C)C1CC2CCC1C2)C12CC3CC(C1)C32. The molecule has 1 N–H and O–H groups in total. The lowest BCUT2D eigenvalue weighted by atomic mass is 9.24. The van der Waals surface area contributed by atoms with Crippen LogP contribution in [-0.2, 0) is 0 Å². The Morgan fingerprint density at radius 2 is 1.49 bits per heavy atom. The van der Waals surface area contributed by atoms with Gasteiger partial charge in [-0.2, -0.15) is 0 Å². The average Bonchev–Trinajstić information content (AvgIpc) is 3.71. The molecular formula is C42H54F4O. The van der Waals surface area contributed by atoms with Crippen molar-refractivity contribution >= 4 is 0 Å². The fourth-order valence-corrected chi connectivity index (χ4v) is 17.3. The maximum atomic E-state index is 15.6. The highest BCUT2D eigenvalue weighted by atomic mass is 19.3. The van der Waals surface area contributed by atoms with Gasteiger partial charge in [-0.05, 0) is 153 Å². The van der Waals surface area contributed by atoms with Crippen LogP contribution in [0.2, 0.25) is 0 Å². The number of hydrogen-bond donors (Lipinski definition) is 1. The third kappa shape index (κ3) is 3.46. The summed E-state index contributed by atoms with van der Waals surface area (Å²) in [7, 11) is 0. The van der Waals surface area contributed by atoms with E-state index in [9.17, 15) is 5.11 Å². The quantitative estimate of drug-likeness (QED) is 0.246. The summed E-state index contributed by atoms with van der Waals surface area (Å²) in [6, 6.07) is 0. The lowest BCUT2D eigenvalue weighted by Crippen LogP contribution is -2.74. The molecule has 15 atom stereocenters. The first-order valence-corrected chi connectivity index (χ1v) is 20.1. The minimum absolute atomic E-state index is 0.0000383. The highest BCUT2D eigenvalue weighted by molar-refractivity contribution is 5.59. The first-order chi connectivity index (χ1) is 22.5. The Balaban J connectivity index is 1.06. The molecule has 0 aromatic rings. The molecule has 10 unspecified atom stereocenters. The minimum Gasteiger partial charge on any atom is -0.507 e. The monoisotopic (exact) mass is 650 g/mol. The molecule has 12 aliphatic carbocycles. The predicted molar refractivity (Wildman–Crippen MR) is 173 cm³/mol. The number of hydrogen-bond acceptors (Lipinski definition) is 1. The number of halogens is 4. The van der Waals surface area contributed by atoms with Crippen molar-refractivity contribution in [2.45, 2.75) is 109 Å². The van der Waals surface area contributed by atoms with Gasteiger partial charge in [-0.3, -0.25) is 0 Å². The summed E-state index contributed by atoms with van der Waals surface area (Å²) in [5.41, 5.74) is 2.47. The van der Waals surface area contributed by atoms with E-state index < -0.39 is 35.5 Å². The number of alkyl halides is 4. The third-order valence-corrected chi connectivity index (χ3v) is 18.8. The van der Waals surface area contributed by atoms with E-state index in [0.29, 0.717) is 55.1 Å². The van der Waals surface area contributed by atoms with Gasteiger partial charge in [0.25, 0.3) is 11.8 Å². The van der Waals surface area contributed by atoms with Crippen LogP contribution in [0.5, 0.6) is 0 Å². The smallest absolute Gasteiger partial charge is 0.254 e. The summed E-state index contributed by atoms with van der Waals surface area (Å²) in [6.45, 7) is 4.92. The van der Waals surface area contributed by atoms with Crippen LogP contribution in [-0.4, -0.2) is 17.0 Å². The van der Waals surface area contributed by atoms with Gasteiger partial charge in [0.1, 0.15) is 5.76 Å². The van der Waals surface area contributed by atoms with Crippen molar-refractivity contribution in [2.75, 3.05) is 0 Å². The maximum absolute atomic E-state index is 15.6. The second kappa shape index (κ2) is 9.34. The largest absolute Gasteiger partial charge is 0.507 e. The molecule has 0 radical (unpaired) electrons. The molecule has 0 spiro atoms. The van der Waals surface area contributed by atoms with Crippen molar-refractivity contribution in [3.63, 3.8) is 0 Å². The summed E-state index contributed by atoms with van der Waals surface area (Å²) < 4.78 is 61.7. The van der Waals surface area contributed by atoms with E-state index in [0.717, 1.165) is 53.1 Å². The standard InChI is InChI=1S/C42H54F4O/c1-19(30-12-21-9-10-22(30)11-21)37(40-17-24-13-25(18-40)38(24)40)36(35-28-5-3-6-29(35)39(28)47)33(23-14-26-16-27(15-23)41(26,43)44)20(2)34-31-7-4-8-32(34)42(31,45)46/h3,5-6,19-27,30-38,47H,4,7-18H2,1-2H3/t19-,20-,21?,22?,23?,24?,25?,26?,27?,30?,31?,32?,33-,34?,36-,37-,38?,40?/m0/s1. The summed E-state index contributed by atoms with van der Waals surface area (Å²) in [6.07, 6.45) is 19.8. The number of allylic oxidation sites excluding steroid dienone is 5. The van der Waals surface area contributed by atoms with Crippen molar-refractivity contribution in [3.05, 3.63) is 35.1 Å². The first-order valence-electron chi connectivity index (χ1n) is 20.1. The molecular weight excluding hydrogens is 596 g/mol. The zero-order valence-corrected chi connectivity index (χ0v) is 28.3. The van der Waals surface area contributed by atoms with E-state index in [4.69, 9.17) is 0 Å². The molecule has 47 heavy (non-hydrogen) atoms. The molecule has 0 aromatic heterocycles. The Hall–Kier alpha value is -1.26. The van der Waals surface area contributed by atoms with Crippen molar-refractivity contribution in [1.29, 1.82) is 0 Å². The van der Waals surface area contributed by atoms with Crippen LogP contribution >= 0.6 is 0 Å². The van der Waals surface area contributed by atoms with Gasteiger partial charge in [0.2, 0.25) is 0 Å². The fourth-order valence-electron chi connectivity index (χ4n) is 17.3. The molecule has 10 fully saturated rings. The van der Waals surface area contributed by atoms with Gasteiger partial charge >= 0.3 is 0 Å². The van der Waals surface area contributed by atoms with Crippen molar-refractivity contribution in [3.8, 4) is 0 Å². The highest BCUT2D eigenvalue weighted by Gasteiger charge is 2.77. The first kappa shape index (κ1) is 29.5. The van der Waals surface area contributed by atoms with E-state index in [1.54, 1.807) is 0 Å².